The Morgan fingerprint density at radius 1 is 1.22 bits per heavy atom. The van der Waals surface area contributed by atoms with Gasteiger partial charge in [-0.05, 0) is 67.9 Å². The van der Waals surface area contributed by atoms with E-state index in [1.54, 1.807) is 25.4 Å². The molecule has 5 nitrogen and oxygen atoms in total. The van der Waals surface area contributed by atoms with E-state index in [9.17, 15) is 4.79 Å². The number of hydrogen-bond acceptors (Lipinski definition) is 4. The average molecular weight is 361 g/mol. The summed E-state index contributed by atoms with van der Waals surface area (Å²) < 4.78 is 6.69. The van der Waals surface area contributed by atoms with Gasteiger partial charge in [-0.1, -0.05) is 23.8 Å². The number of pyridine rings is 1. The van der Waals surface area contributed by atoms with Crippen molar-refractivity contribution >= 4 is 0 Å². The molecule has 0 saturated carbocycles. The number of methoxy groups -OCH3 is 1. The second kappa shape index (κ2) is 6.99. The van der Waals surface area contributed by atoms with Crippen molar-refractivity contribution in [3.05, 3.63) is 80.9 Å². The molecule has 27 heavy (non-hydrogen) atoms. The number of benzene rings is 1. The highest BCUT2D eigenvalue weighted by molar-refractivity contribution is 5.41. The molecule has 1 aliphatic rings. The van der Waals surface area contributed by atoms with Gasteiger partial charge in [-0.2, -0.15) is 9.78 Å². The zero-order valence-corrected chi connectivity index (χ0v) is 15.9. The molecule has 1 aliphatic carbocycles. The van der Waals surface area contributed by atoms with Crippen LogP contribution in [-0.2, 0) is 12.8 Å². The molecule has 138 valence electrons. The zero-order chi connectivity index (χ0) is 19.0. The molecule has 1 unspecified atom stereocenters. The van der Waals surface area contributed by atoms with Crippen LogP contribution < -0.4 is 10.3 Å². The van der Waals surface area contributed by atoms with E-state index in [-0.39, 0.29) is 5.56 Å². The van der Waals surface area contributed by atoms with Crippen LogP contribution in [0.1, 0.15) is 40.2 Å². The second-order valence-corrected chi connectivity index (χ2v) is 7.19. The quantitative estimate of drug-likeness (QED) is 0.716. The van der Waals surface area contributed by atoms with Gasteiger partial charge in [0.05, 0.1) is 13.3 Å². The predicted octanol–water partition coefficient (Wildman–Crippen LogP) is 3.53. The van der Waals surface area contributed by atoms with Crippen molar-refractivity contribution in [3.8, 4) is 11.6 Å². The number of hydrogen-bond donors (Lipinski definition) is 0. The Hall–Kier alpha value is -2.95. The maximum absolute atomic E-state index is 13.0. The topological polar surface area (TPSA) is 57.0 Å². The minimum atomic E-state index is -0.0939. The Morgan fingerprint density at radius 3 is 2.85 bits per heavy atom. The van der Waals surface area contributed by atoms with Gasteiger partial charge in [0.1, 0.15) is 0 Å². The summed E-state index contributed by atoms with van der Waals surface area (Å²) in [6.07, 6.45) is 6.03. The van der Waals surface area contributed by atoms with E-state index in [1.165, 1.54) is 21.4 Å². The SMILES string of the molecule is COc1cccnc1-n1ncc2c(c1=O)CCC(c1ccc(C)cc1C)C2. The van der Waals surface area contributed by atoms with Crippen molar-refractivity contribution < 1.29 is 4.74 Å². The van der Waals surface area contributed by atoms with Crippen LogP contribution in [0, 0.1) is 13.8 Å². The van der Waals surface area contributed by atoms with Crippen LogP contribution in [0.2, 0.25) is 0 Å². The first-order valence-corrected chi connectivity index (χ1v) is 9.25. The Labute approximate surface area is 158 Å². The van der Waals surface area contributed by atoms with E-state index in [2.05, 4.69) is 42.1 Å². The molecule has 4 rings (SSSR count). The third-order valence-electron chi connectivity index (χ3n) is 5.41. The molecule has 0 bridgehead atoms. The summed E-state index contributed by atoms with van der Waals surface area (Å²) in [4.78, 5) is 17.3. The molecular formula is C22H23N3O2. The third-order valence-corrected chi connectivity index (χ3v) is 5.41. The molecule has 0 amide bonds. The highest BCUT2D eigenvalue weighted by atomic mass is 16.5. The van der Waals surface area contributed by atoms with Crippen molar-refractivity contribution in [2.45, 2.75) is 39.0 Å². The second-order valence-electron chi connectivity index (χ2n) is 7.19. The van der Waals surface area contributed by atoms with Gasteiger partial charge in [0.25, 0.3) is 5.56 Å². The lowest BCUT2D eigenvalue weighted by Gasteiger charge is -2.26. The van der Waals surface area contributed by atoms with Crippen LogP contribution in [0.3, 0.4) is 0 Å². The van der Waals surface area contributed by atoms with E-state index >= 15 is 0 Å². The molecule has 0 N–H and O–H groups in total. The van der Waals surface area contributed by atoms with E-state index in [0.717, 1.165) is 30.4 Å². The molecule has 1 atom stereocenters. The summed E-state index contributed by atoms with van der Waals surface area (Å²) in [6, 6.07) is 10.2. The van der Waals surface area contributed by atoms with Crippen molar-refractivity contribution in [1.82, 2.24) is 14.8 Å². The molecule has 1 aromatic carbocycles. The molecule has 3 aromatic rings. The number of nitrogens with zero attached hydrogens (tertiary/aromatic N) is 3. The predicted molar refractivity (Wildman–Crippen MR) is 105 cm³/mol. The van der Waals surface area contributed by atoms with Crippen LogP contribution in [0.5, 0.6) is 5.75 Å². The monoisotopic (exact) mass is 361 g/mol. The zero-order valence-electron chi connectivity index (χ0n) is 15.9. The fourth-order valence-electron chi connectivity index (χ4n) is 4.05. The van der Waals surface area contributed by atoms with E-state index < -0.39 is 0 Å². The summed E-state index contributed by atoms with van der Waals surface area (Å²) >= 11 is 0. The largest absolute Gasteiger partial charge is 0.493 e. The summed E-state index contributed by atoms with van der Waals surface area (Å²) in [5, 5.41) is 4.40. The highest BCUT2D eigenvalue weighted by Gasteiger charge is 2.25. The van der Waals surface area contributed by atoms with Gasteiger partial charge in [-0.25, -0.2) is 4.98 Å². The molecular weight excluding hydrogens is 338 g/mol. The fourth-order valence-corrected chi connectivity index (χ4v) is 4.05. The lowest BCUT2D eigenvalue weighted by atomic mass is 9.79. The van der Waals surface area contributed by atoms with Crippen LogP contribution in [0.25, 0.3) is 5.82 Å². The Morgan fingerprint density at radius 2 is 2.07 bits per heavy atom. The molecule has 0 radical (unpaired) electrons. The van der Waals surface area contributed by atoms with Gasteiger partial charge < -0.3 is 4.74 Å². The van der Waals surface area contributed by atoms with Crippen molar-refractivity contribution in [2.24, 2.45) is 0 Å². The third kappa shape index (κ3) is 3.14. The van der Waals surface area contributed by atoms with E-state index in [0.29, 0.717) is 17.5 Å². The highest BCUT2D eigenvalue weighted by Crippen LogP contribution is 2.33. The number of rotatable bonds is 3. The van der Waals surface area contributed by atoms with E-state index in [1.807, 2.05) is 6.20 Å². The van der Waals surface area contributed by atoms with Gasteiger partial charge in [0.15, 0.2) is 11.6 Å². The van der Waals surface area contributed by atoms with Gasteiger partial charge in [0.2, 0.25) is 0 Å². The molecule has 2 heterocycles. The van der Waals surface area contributed by atoms with Crippen LogP contribution in [0.15, 0.2) is 47.5 Å². The molecule has 0 fully saturated rings. The van der Waals surface area contributed by atoms with Gasteiger partial charge >= 0.3 is 0 Å². The Kier molecular flexibility index (Phi) is 4.52. The maximum Gasteiger partial charge on any atom is 0.276 e. The molecule has 0 spiro atoms. The Balaban J connectivity index is 1.71. The number of aromatic nitrogens is 3. The number of aryl methyl sites for hydroxylation is 2. The van der Waals surface area contributed by atoms with Crippen LogP contribution in [-0.4, -0.2) is 21.9 Å². The molecule has 0 aliphatic heterocycles. The maximum atomic E-state index is 13.0. The minimum absolute atomic E-state index is 0.0939. The van der Waals surface area contributed by atoms with Crippen molar-refractivity contribution in [2.75, 3.05) is 7.11 Å². The van der Waals surface area contributed by atoms with Crippen molar-refractivity contribution in [1.29, 1.82) is 0 Å². The van der Waals surface area contributed by atoms with Gasteiger partial charge in [-0.15, -0.1) is 0 Å². The van der Waals surface area contributed by atoms with Crippen LogP contribution in [0.4, 0.5) is 0 Å². The standard InChI is InChI=1S/C22H23N3O2/c1-14-6-8-18(15(2)11-14)16-7-9-19-17(12-16)13-24-25(22(19)26)21-20(27-3)5-4-10-23-21/h4-6,8,10-11,13,16H,7,9,12H2,1-3H3. The molecule has 5 heteroatoms. The first-order valence-electron chi connectivity index (χ1n) is 9.25. The molecule has 0 saturated heterocycles. The van der Waals surface area contributed by atoms with Crippen molar-refractivity contribution in [3.63, 3.8) is 0 Å². The number of ether oxygens (including phenoxy) is 1. The van der Waals surface area contributed by atoms with Gasteiger partial charge in [0, 0.05) is 11.8 Å². The van der Waals surface area contributed by atoms with Crippen LogP contribution >= 0.6 is 0 Å². The smallest absolute Gasteiger partial charge is 0.276 e. The van der Waals surface area contributed by atoms with E-state index in [4.69, 9.17) is 4.74 Å². The number of fused-ring (bicyclic) bond motifs is 1. The first kappa shape index (κ1) is 17.5. The van der Waals surface area contributed by atoms with Gasteiger partial charge in [-0.3, -0.25) is 4.79 Å². The summed E-state index contributed by atoms with van der Waals surface area (Å²) in [7, 11) is 1.57. The minimum Gasteiger partial charge on any atom is -0.493 e. The summed E-state index contributed by atoms with van der Waals surface area (Å²) in [6.45, 7) is 4.28. The lowest BCUT2D eigenvalue weighted by molar-refractivity contribution is 0.408. The fraction of sp³-hybridized carbons (Fsp3) is 0.318. The average Bonchev–Trinajstić information content (AvgIpc) is 2.68. The first-order chi connectivity index (χ1) is 13.1. The normalized spacial score (nSPS) is 16.0. The summed E-state index contributed by atoms with van der Waals surface area (Å²) in [5.74, 6) is 1.40. The Bertz CT molecular complexity index is 1060. The lowest BCUT2D eigenvalue weighted by Crippen LogP contribution is -2.30. The molecule has 2 aromatic heterocycles. The summed E-state index contributed by atoms with van der Waals surface area (Å²) in [5.41, 5.74) is 5.77.